The molecule has 21 heavy (non-hydrogen) atoms. The van der Waals surface area contributed by atoms with Gasteiger partial charge in [0.25, 0.3) is 5.91 Å². The van der Waals surface area contributed by atoms with Crippen LogP contribution in [0.4, 0.5) is 0 Å². The molecule has 2 aliphatic rings. The first-order valence-electron chi connectivity index (χ1n) is 7.53. The standard InChI is InChI=1S/C16H20N2O3/c19-16(18-9-2-1-3-10-18)11-21-15-6-4-5-12-13(15)7-8-14(12)17-20/h4-6,20H,1-3,7-11H2. The number of nitrogens with zero attached hydrogens (tertiary/aromatic N) is 2. The summed E-state index contributed by atoms with van der Waals surface area (Å²) < 4.78 is 5.73. The number of amides is 1. The van der Waals surface area contributed by atoms with Crippen molar-refractivity contribution in [2.75, 3.05) is 19.7 Å². The maximum Gasteiger partial charge on any atom is 0.260 e. The van der Waals surface area contributed by atoms with E-state index in [4.69, 9.17) is 9.94 Å². The van der Waals surface area contributed by atoms with Gasteiger partial charge in [0.05, 0.1) is 5.71 Å². The van der Waals surface area contributed by atoms with Crippen molar-refractivity contribution in [3.63, 3.8) is 0 Å². The van der Waals surface area contributed by atoms with Crippen LogP contribution in [0.15, 0.2) is 23.4 Å². The van der Waals surface area contributed by atoms with E-state index in [9.17, 15) is 4.79 Å². The summed E-state index contributed by atoms with van der Waals surface area (Å²) in [5.41, 5.74) is 2.66. The molecule has 1 aromatic rings. The number of rotatable bonds is 3. The lowest BCUT2D eigenvalue weighted by atomic mass is 10.1. The van der Waals surface area contributed by atoms with Crippen LogP contribution >= 0.6 is 0 Å². The number of fused-ring (bicyclic) bond motifs is 1. The Balaban J connectivity index is 1.66. The summed E-state index contributed by atoms with van der Waals surface area (Å²) in [6.07, 6.45) is 4.89. The van der Waals surface area contributed by atoms with Gasteiger partial charge in [0.1, 0.15) is 5.75 Å². The van der Waals surface area contributed by atoms with Gasteiger partial charge in [0, 0.05) is 24.2 Å². The van der Waals surface area contributed by atoms with Crippen molar-refractivity contribution in [2.45, 2.75) is 32.1 Å². The van der Waals surface area contributed by atoms with Crippen LogP contribution in [0.5, 0.6) is 5.75 Å². The molecule has 0 spiro atoms. The van der Waals surface area contributed by atoms with Gasteiger partial charge in [-0.15, -0.1) is 0 Å². The van der Waals surface area contributed by atoms with Gasteiger partial charge in [-0.25, -0.2) is 0 Å². The molecule has 3 rings (SSSR count). The third-order valence-electron chi connectivity index (χ3n) is 4.24. The van der Waals surface area contributed by atoms with Gasteiger partial charge in [-0.1, -0.05) is 17.3 Å². The first kappa shape index (κ1) is 13.9. The molecular formula is C16H20N2O3. The summed E-state index contributed by atoms with van der Waals surface area (Å²) in [4.78, 5) is 14.0. The third-order valence-corrected chi connectivity index (χ3v) is 4.24. The van der Waals surface area contributed by atoms with E-state index in [2.05, 4.69) is 5.16 Å². The van der Waals surface area contributed by atoms with Gasteiger partial charge in [-0.2, -0.15) is 0 Å². The van der Waals surface area contributed by atoms with Crippen LogP contribution in [0.2, 0.25) is 0 Å². The zero-order valence-corrected chi connectivity index (χ0v) is 12.0. The van der Waals surface area contributed by atoms with Gasteiger partial charge in [0.15, 0.2) is 6.61 Å². The fraction of sp³-hybridized carbons (Fsp3) is 0.500. The number of carbonyl (C=O) groups is 1. The van der Waals surface area contributed by atoms with Crippen LogP contribution in [0, 0.1) is 0 Å². The molecule has 1 saturated heterocycles. The fourth-order valence-electron chi connectivity index (χ4n) is 3.09. The molecule has 5 heteroatoms. The number of likely N-dealkylation sites (tertiary alicyclic amines) is 1. The number of piperidine rings is 1. The smallest absolute Gasteiger partial charge is 0.260 e. The molecule has 0 saturated carbocycles. The number of ether oxygens (including phenoxy) is 1. The minimum Gasteiger partial charge on any atom is -0.483 e. The topological polar surface area (TPSA) is 62.1 Å². The monoisotopic (exact) mass is 288 g/mol. The first-order valence-corrected chi connectivity index (χ1v) is 7.53. The first-order chi connectivity index (χ1) is 10.3. The minimum atomic E-state index is 0.0568. The van der Waals surface area contributed by atoms with Crippen LogP contribution in [0.1, 0.15) is 36.8 Å². The van der Waals surface area contributed by atoms with Gasteiger partial charge >= 0.3 is 0 Å². The molecule has 0 aromatic heterocycles. The highest BCUT2D eigenvalue weighted by atomic mass is 16.5. The Hall–Kier alpha value is -2.04. The summed E-state index contributed by atoms with van der Waals surface area (Å²) in [6, 6.07) is 5.68. The number of oxime groups is 1. The minimum absolute atomic E-state index is 0.0568. The maximum atomic E-state index is 12.1. The van der Waals surface area contributed by atoms with Crippen molar-refractivity contribution in [3.05, 3.63) is 29.3 Å². The second-order valence-electron chi connectivity index (χ2n) is 5.56. The van der Waals surface area contributed by atoms with Crippen LogP contribution in [0.3, 0.4) is 0 Å². The van der Waals surface area contributed by atoms with Gasteiger partial charge in [-0.3, -0.25) is 4.79 Å². The van der Waals surface area contributed by atoms with Crippen LogP contribution in [-0.2, 0) is 11.2 Å². The molecule has 0 radical (unpaired) electrons. The molecule has 1 amide bonds. The molecule has 1 heterocycles. The van der Waals surface area contributed by atoms with Crippen molar-refractivity contribution >= 4 is 11.6 Å². The lowest BCUT2D eigenvalue weighted by Gasteiger charge is -2.26. The number of carbonyl (C=O) groups excluding carboxylic acids is 1. The highest BCUT2D eigenvalue weighted by Gasteiger charge is 2.23. The number of hydrogen-bond donors (Lipinski definition) is 1. The maximum absolute atomic E-state index is 12.1. The second kappa shape index (κ2) is 6.16. The molecule has 0 unspecified atom stereocenters. The summed E-state index contributed by atoms with van der Waals surface area (Å²) >= 11 is 0. The Morgan fingerprint density at radius 1 is 1.24 bits per heavy atom. The molecule has 1 aliphatic heterocycles. The summed E-state index contributed by atoms with van der Waals surface area (Å²) in [7, 11) is 0. The zero-order valence-electron chi connectivity index (χ0n) is 12.0. The van der Waals surface area contributed by atoms with Gasteiger partial charge < -0.3 is 14.8 Å². The number of benzene rings is 1. The molecule has 1 aliphatic carbocycles. The van der Waals surface area contributed by atoms with Crippen molar-refractivity contribution in [2.24, 2.45) is 5.16 Å². The van der Waals surface area contributed by atoms with Crippen molar-refractivity contribution in [1.29, 1.82) is 0 Å². The van der Waals surface area contributed by atoms with E-state index in [1.54, 1.807) is 0 Å². The van der Waals surface area contributed by atoms with E-state index >= 15 is 0 Å². The third kappa shape index (κ3) is 2.86. The lowest BCUT2D eigenvalue weighted by Crippen LogP contribution is -2.38. The summed E-state index contributed by atoms with van der Waals surface area (Å²) in [5, 5.41) is 12.3. The van der Waals surface area contributed by atoms with E-state index < -0.39 is 0 Å². The predicted molar refractivity (Wildman–Crippen MR) is 79.0 cm³/mol. The molecule has 0 bridgehead atoms. The van der Waals surface area contributed by atoms with Gasteiger partial charge in [0.2, 0.25) is 0 Å². The average molecular weight is 288 g/mol. The van der Waals surface area contributed by atoms with E-state index in [-0.39, 0.29) is 12.5 Å². The van der Waals surface area contributed by atoms with E-state index in [0.29, 0.717) is 12.1 Å². The lowest BCUT2D eigenvalue weighted by molar-refractivity contribution is -0.134. The van der Waals surface area contributed by atoms with Crippen molar-refractivity contribution in [3.8, 4) is 5.75 Å². The molecule has 112 valence electrons. The van der Waals surface area contributed by atoms with Crippen molar-refractivity contribution in [1.82, 2.24) is 4.90 Å². The zero-order chi connectivity index (χ0) is 14.7. The van der Waals surface area contributed by atoms with E-state index in [1.165, 1.54) is 6.42 Å². The largest absolute Gasteiger partial charge is 0.483 e. The van der Waals surface area contributed by atoms with Crippen molar-refractivity contribution < 1.29 is 14.7 Å². The molecule has 1 fully saturated rings. The second-order valence-corrected chi connectivity index (χ2v) is 5.56. The summed E-state index contributed by atoms with van der Waals surface area (Å²) in [5.74, 6) is 0.790. The highest BCUT2D eigenvalue weighted by molar-refractivity contribution is 6.04. The van der Waals surface area contributed by atoms with E-state index in [1.807, 2.05) is 23.1 Å². The molecule has 5 nitrogen and oxygen atoms in total. The highest BCUT2D eigenvalue weighted by Crippen LogP contribution is 2.31. The SMILES string of the molecule is O=C(COc1cccc2c1CCC2=NO)N1CCCCC1. The van der Waals surface area contributed by atoms with Gasteiger partial charge in [-0.05, 0) is 38.2 Å². The Bertz CT molecular complexity index is 563. The van der Waals surface area contributed by atoms with Crippen LogP contribution in [-0.4, -0.2) is 41.4 Å². The Morgan fingerprint density at radius 2 is 2.05 bits per heavy atom. The van der Waals surface area contributed by atoms with Crippen LogP contribution in [0.25, 0.3) is 0 Å². The number of hydrogen-bond acceptors (Lipinski definition) is 4. The summed E-state index contributed by atoms with van der Waals surface area (Å²) in [6.45, 7) is 1.77. The quantitative estimate of drug-likeness (QED) is 0.685. The normalized spacial score (nSPS) is 19.6. The molecule has 1 N–H and O–H groups in total. The van der Waals surface area contributed by atoms with Crippen LogP contribution < -0.4 is 4.74 Å². The van der Waals surface area contributed by atoms with E-state index in [0.717, 1.165) is 49.2 Å². The Labute approximate surface area is 124 Å². The Kier molecular flexibility index (Phi) is 4.08. The Morgan fingerprint density at radius 3 is 2.81 bits per heavy atom. The average Bonchev–Trinajstić information content (AvgIpc) is 2.97. The molecular weight excluding hydrogens is 268 g/mol. The molecule has 0 atom stereocenters. The molecule has 1 aromatic carbocycles. The fourth-order valence-corrected chi connectivity index (χ4v) is 3.09. The predicted octanol–water partition coefficient (Wildman–Crippen LogP) is 2.20.